The smallest absolute Gasteiger partial charge is 0.151 e. The van der Waals surface area contributed by atoms with Crippen LogP contribution < -0.4 is 5.32 Å². The molecule has 0 spiro atoms. The Bertz CT molecular complexity index is 262. The van der Waals surface area contributed by atoms with E-state index in [1.807, 2.05) is 0 Å². The summed E-state index contributed by atoms with van der Waals surface area (Å²) in [5.74, 6) is 0.929. The summed E-state index contributed by atoms with van der Waals surface area (Å²) in [6.07, 6.45) is 0.917. The van der Waals surface area contributed by atoms with Crippen LogP contribution >= 0.6 is 0 Å². The number of nitrogens with one attached hydrogen (secondary N) is 1. The zero-order valence-electron chi connectivity index (χ0n) is 10.8. The van der Waals surface area contributed by atoms with Gasteiger partial charge in [0, 0.05) is 32.1 Å². The highest BCUT2D eigenvalue weighted by Crippen LogP contribution is 2.05. The molecule has 0 amide bonds. The van der Waals surface area contributed by atoms with Crippen LogP contribution in [0.1, 0.15) is 27.2 Å². The van der Waals surface area contributed by atoms with Crippen molar-refractivity contribution in [2.75, 3.05) is 31.8 Å². The quantitative estimate of drug-likeness (QED) is 0.666. The van der Waals surface area contributed by atoms with Crippen molar-refractivity contribution in [3.05, 3.63) is 0 Å². The van der Waals surface area contributed by atoms with E-state index in [0.717, 1.165) is 6.42 Å². The van der Waals surface area contributed by atoms with Gasteiger partial charge in [0.05, 0.1) is 5.75 Å². The minimum Gasteiger partial charge on any atom is -0.385 e. The summed E-state index contributed by atoms with van der Waals surface area (Å²) < 4.78 is 27.6. The molecule has 0 radical (unpaired) electrons. The summed E-state index contributed by atoms with van der Waals surface area (Å²) in [4.78, 5) is 0. The Morgan fingerprint density at radius 1 is 1.31 bits per heavy atom. The van der Waals surface area contributed by atoms with E-state index in [4.69, 9.17) is 4.74 Å². The number of ether oxygens (including phenoxy) is 1. The standard InChI is InChI=1S/C11H25NO3S/c1-5-16(13,14)9-7-12-11(10(2)3)6-8-15-4/h10-12H,5-9H2,1-4H3. The molecule has 0 bridgehead atoms. The predicted molar refractivity (Wildman–Crippen MR) is 67.4 cm³/mol. The second-order valence-electron chi connectivity index (χ2n) is 4.32. The average Bonchev–Trinajstić information content (AvgIpc) is 2.22. The van der Waals surface area contributed by atoms with Crippen molar-refractivity contribution < 1.29 is 13.2 Å². The van der Waals surface area contributed by atoms with E-state index >= 15 is 0 Å². The first-order valence-corrected chi connectivity index (χ1v) is 7.67. The summed E-state index contributed by atoms with van der Waals surface area (Å²) in [6.45, 7) is 7.17. The highest BCUT2D eigenvalue weighted by Gasteiger charge is 2.14. The Balaban J connectivity index is 3.94. The highest BCUT2D eigenvalue weighted by molar-refractivity contribution is 7.91. The summed E-state index contributed by atoms with van der Waals surface area (Å²) in [7, 11) is -1.18. The molecule has 0 aromatic carbocycles. The monoisotopic (exact) mass is 251 g/mol. The van der Waals surface area contributed by atoms with Crippen molar-refractivity contribution >= 4 is 9.84 Å². The molecule has 1 atom stereocenters. The molecular formula is C11H25NO3S. The Kier molecular flexibility index (Phi) is 7.97. The zero-order chi connectivity index (χ0) is 12.6. The maximum Gasteiger partial charge on any atom is 0.151 e. The molecule has 0 heterocycles. The minimum absolute atomic E-state index is 0.221. The van der Waals surface area contributed by atoms with Crippen molar-refractivity contribution in [2.24, 2.45) is 5.92 Å². The molecule has 16 heavy (non-hydrogen) atoms. The second-order valence-corrected chi connectivity index (χ2v) is 6.80. The fraction of sp³-hybridized carbons (Fsp3) is 1.00. The van der Waals surface area contributed by atoms with Crippen LogP contribution in [0.5, 0.6) is 0 Å². The van der Waals surface area contributed by atoms with Crippen LogP contribution in [-0.4, -0.2) is 46.2 Å². The number of methoxy groups -OCH3 is 1. The summed E-state index contributed by atoms with van der Waals surface area (Å²) in [6, 6.07) is 0.326. The van der Waals surface area contributed by atoms with E-state index < -0.39 is 9.84 Å². The van der Waals surface area contributed by atoms with Crippen molar-refractivity contribution in [2.45, 2.75) is 33.2 Å². The van der Waals surface area contributed by atoms with Crippen LogP contribution in [0.25, 0.3) is 0 Å². The molecule has 0 rings (SSSR count). The zero-order valence-corrected chi connectivity index (χ0v) is 11.6. The van der Waals surface area contributed by atoms with Crippen LogP contribution in [0.3, 0.4) is 0 Å². The van der Waals surface area contributed by atoms with E-state index in [0.29, 0.717) is 25.1 Å². The van der Waals surface area contributed by atoms with Gasteiger partial charge in [0.1, 0.15) is 0 Å². The van der Waals surface area contributed by atoms with Gasteiger partial charge in [0.2, 0.25) is 0 Å². The molecule has 4 nitrogen and oxygen atoms in total. The van der Waals surface area contributed by atoms with E-state index in [1.54, 1.807) is 14.0 Å². The number of hydrogen-bond donors (Lipinski definition) is 1. The lowest BCUT2D eigenvalue weighted by Gasteiger charge is -2.22. The molecular weight excluding hydrogens is 226 g/mol. The molecule has 1 unspecified atom stereocenters. The van der Waals surface area contributed by atoms with Gasteiger partial charge in [-0.25, -0.2) is 8.42 Å². The van der Waals surface area contributed by atoms with E-state index in [2.05, 4.69) is 19.2 Å². The maximum atomic E-state index is 11.3. The number of sulfone groups is 1. The molecule has 98 valence electrons. The van der Waals surface area contributed by atoms with Gasteiger partial charge in [-0.1, -0.05) is 20.8 Å². The average molecular weight is 251 g/mol. The van der Waals surface area contributed by atoms with E-state index in [-0.39, 0.29) is 11.5 Å². The Morgan fingerprint density at radius 3 is 2.38 bits per heavy atom. The van der Waals surface area contributed by atoms with Crippen molar-refractivity contribution in [1.29, 1.82) is 0 Å². The van der Waals surface area contributed by atoms with Crippen LogP contribution in [0.2, 0.25) is 0 Å². The maximum absolute atomic E-state index is 11.3. The number of hydrogen-bond acceptors (Lipinski definition) is 4. The Labute approximate surface area is 99.7 Å². The van der Waals surface area contributed by atoms with Crippen LogP contribution in [0.4, 0.5) is 0 Å². The molecule has 0 aliphatic carbocycles. The molecule has 5 heteroatoms. The molecule has 0 aliphatic heterocycles. The van der Waals surface area contributed by atoms with Crippen molar-refractivity contribution in [3.8, 4) is 0 Å². The van der Waals surface area contributed by atoms with Crippen molar-refractivity contribution in [3.63, 3.8) is 0 Å². The third-order valence-electron chi connectivity index (χ3n) is 2.70. The third kappa shape index (κ3) is 7.19. The topological polar surface area (TPSA) is 55.4 Å². The number of rotatable bonds is 9. The molecule has 0 aromatic heterocycles. The summed E-state index contributed by atoms with van der Waals surface area (Å²) in [5, 5.41) is 3.29. The van der Waals surface area contributed by atoms with Gasteiger partial charge >= 0.3 is 0 Å². The second kappa shape index (κ2) is 8.03. The van der Waals surface area contributed by atoms with Gasteiger partial charge in [-0.3, -0.25) is 0 Å². The first kappa shape index (κ1) is 15.9. The van der Waals surface area contributed by atoms with Gasteiger partial charge in [-0.05, 0) is 12.3 Å². The summed E-state index contributed by atoms with van der Waals surface area (Å²) in [5.41, 5.74) is 0. The molecule has 0 aromatic rings. The van der Waals surface area contributed by atoms with Gasteiger partial charge in [0.25, 0.3) is 0 Å². The molecule has 1 N–H and O–H groups in total. The predicted octanol–water partition coefficient (Wildman–Crippen LogP) is 1.07. The minimum atomic E-state index is -2.86. The largest absolute Gasteiger partial charge is 0.385 e. The van der Waals surface area contributed by atoms with E-state index in [1.165, 1.54) is 0 Å². The lowest BCUT2D eigenvalue weighted by atomic mass is 10.0. The first-order valence-electron chi connectivity index (χ1n) is 5.85. The molecule has 0 saturated heterocycles. The van der Waals surface area contributed by atoms with Gasteiger partial charge in [0.15, 0.2) is 9.84 Å². The molecule has 0 aliphatic rings. The summed E-state index contributed by atoms with van der Waals surface area (Å²) >= 11 is 0. The Morgan fingerprint density at radius 2 is 1.94 bits per heavy atom. The highest BCUT2D eigenvalue weighted by atomic mass is 32.2. The SMILES string of the molecule is CCS(=O)(=O)CCNC(CCOC)C(C)C. The Hall–Kier alpha value is -0.130. The fourth-order valence-corrected chi connectivity index (χ4v) is 2.18. The molecule has 0 saturated carbocycles. The third-order valence-corrected chi connectivity index (χ3v) is 4.40. The first-order chi connectivity index (χ1) is 7.43. The van der Waals surface area contributed by atoms with Crippen LogP contribution in [0.15, 0.2) is 0 Å². The normalized spacial score (nSPS) is 14.3. The molecule has 0 fully saturated rings. The van der Waals surface area contributed by atoms with Crippen LogP contribution in [0, 0.1) is 5.92 Å². The van der Waals surface area contributed by atoms with Gasteiger partial charge in [-0.15, -0.1) is 0 Å². The van der Waals surface area contributed by atoms with Gasteiger partial charge < -0.3 is 10.1 Å². The lowest BCUT2D eigenvalue weighted by molar-refractivity contribution is 0.174. The van der Waals surface area contributed by atoms with Crippen LogP contribution in [-0.2, 0) is 14.6 Å². The lowest BCUT2D eigenvalue weighted by Crippen LogP contribution is -2.38. The van der Waals surface area contributed by atoms with E-state index in [9.17, 15) is 8.42 Å². The fourth-order valence-electron chi connectivity index (χ4n) is 1.46. The van der Waals surface area contributed by atoms with Gasteiger partial charge in [-0.2, -0.15) is 0 Å². The van der Waals surface area contributed by atoms with Crippen molar-refractivity contribution in [1.82, 2.24) is 5.32 Å².